The van der Waals surface area contributed by atoms with Crippen molar-refractivity contribution >= 4 is 44.3 Å². The van der Waals surface area contributed by atoms with E-state index in [9.17, 15) is 14.9 Å². The number of fused-ring (bicyclic) bond motifs is 1. The zero-order chi connectivity index (χ0) is 25.3. The van der Waals surface area contributed by atoms with E-state index in [1.165, 1.54) is 37.6 Å². The van der Waals surface area contributed by atoms with Crippen molar-refractivity contribution in [3.05, 3.63) is 70.7 Å². The van der Waals surface area contributed by atoms with E-state index in [4.69, 9.17) is 25.7 Å². The first-order valence-corrected chi connectivity index (χ1v) is 11.1. The number of nitrogens with zero attached hydrogens (tertiary/aromatic N) is 3. The fraction of sp³-hybridized carbons (Fsp3) is 0.167. The minimum absolute atomic E-state index is 0.0479. The number of nitriles is 1. The van der Waals surface area contributed by atoms with Gasteiger partial charge in [0.05, 0.1) is 54.9 Å². The molecule has 0 bridgehead atoms. The van der Waals surface area contributed by atoms with Gasteiger partial charge in [0.2, 0.25) is 0 Å². The first-order valence-electron chi connectivity index (χ1n) is 10.3. The zero-order valence-electron chi connectivity index (χ0n) is 19.1. The standard InChI is InChI=1S/C24H21N5O5S/c1-32-15-9-13(10-16-19(15)28-24(27)35-16)29-20(23(31)34-3)18(22(30)33-2)17(14(11-25)21(29)26)12-7-5-4-6-8-12/h4-10,17H,26H2,1-3H3,(H2,27,28). The molecular formula is C24H21N5O5S. The van der Waals surface area contributed by atoms with Gasteiger partial charge in [-0.2, -0.15) is 5.26 Å². The summed E-state index contributed by atoms with van der Waals surface area (Å²) in [5.74, 6) is -2.28. The van der Waals surface area contributed by atoms with E-state index in [-0.39, 0.29) is 22.7 Å². The average molecular weight is 492 g/mol. The van der Waals surface area contributed by atoms with Crippen LogP contribution in [0.3, 0.4) is 0 Å². The Kier molecular flexibility index (Phi) is 6.31. The Bertz CT molecular complexity index is 1440. The van der Waals surface area contributed by atoms with Gasteiger partial charge in [0.1, 0.15) is 22.8 Å². The summed E-state index contributed by atoms with van der Waals surface area (Å²) in [5.41, 5.74) is 13.7. The van der Waals surface area contributed by atoms with Crippen LogP contribution in [0.1, 0.15) is 11.5 Å². The largest absolute Gasteiger partial charge is 0.494 e. The minimum Gasteiger partial charge on any atom is -0.494 e. The number of benzene rings is 2. The number of anilines is 2. The van der Waals surface area contributed by atoms with Gasteiger partial charge in [-0.3, -0.25) is 4.90 Å². The van der Waals surface area contributed by atoms with Crippen LogP contribution in [0, 0.1) is 11.3 Å². The number of nitrogen functional groups attached to an aromatic ring is 1. The number of ether oxygens (including phenoxy) is 3. The molecule has 2 aromatic carbocycles. The van der Waals surface area contributed by atoms with E-state index in [0.29, 0.717) is 32.3 Å². The molecule has 11 heteroatoms. The van der Waals surface area contributed by atoms with Crippen LogP contribution >= 0.6 is 11.3 Å². The highest BCUT2D eigenvalue weighted by atomic mass is 32.1. The molecule has 3 aromatic rings. The predicted octanol–water partition coefficient (Wildman–Crippen LogP) is 2.78. The molecule has 2 heterocycles. The van der Waals surface area contributed by atoms with Gasteiger partial charge in [0, 0.05) is 6.07 Å². The van der Waals surface area contributed by atoms with Gasteiger partial charge in [-0.1, -0.05) is 41.7 Å². The molecule has 0 saturated carbocycles. The van der Waals surface area contributed by atoms with E-state index in [1.54, 1.807) is 42.5 Å². The van der Waals surface area contributed by atoms with Gasteiger partial charge in [0.25, 0.3) is 0 Å². The quantitative estimate of drug-likeness (QED) is 0.509. The Labute approximate surface area is 204 Å². The van der Waals surface area contributed by atoms with Gasteiger partial charge < -0.3 is 25.7 Å². The van der Waals surface area contributed by atoms with Crippen LogP contribution in [0.5, 0.6) is 5.75 Å². The molecule has 1 unspecified atom stereocenters. The van der Waals surface area contributed by atoms with Crippen LogP contribution in [0.15, 0.2) is 65.1 Å². The van der Waals surface area contributed by atoms with Crippen LogP contribution in [-0.2, 0) is 19.1 Å². The molecular weight excluding hydrogens is 470 g/mol. The van der Waals surface area contributed by atoms with Gasteiger partial charge in [-0.05, 0) is 11.6 Å². The van der Waals surface area contributed by atoms with Crippen molar-refractivity contribution in [3.8, 4) is 11.8 Å². The number of esters is 2. The molecule has 35 heavy (non-hydrogen) atoms. The lowest BCUT2D eigenvalue weighted by molar-refractivity contribution is -0.139. The number of hydrogen-bond donors (Lipinski definition) is 2. The molecule has 1 aliphatic rings. The highest BCUT2D eigenvalue weighted by Gasteiger charge is 2.43. The number of allylic oxidation sites excluding steroid dienone is 1. The Morgan fingerprint density at radius 1 is 1.09 bits per heavy atom. The summed E-state index contributed by atoms with van der Waals surface area (Å²) in [6, 6.07) is 14.2. The number of nitrogens with two attached hydrogens (primary N) is 2. The summed E-state index contributed by atoms with van der Waals surface area (Å²) in [5, 5.41) is 10.5. The number of methoxy groups -OCH3 is 3. The van der Waals surface area contributed by atoms with E-state index in [0.717, 1.165) is 0 Å². The number of thiazole rings is 1. The van der Waals surface area contributed by atoms with Crippen molar-refractivity contribution in [3.63, 3.8) is 0 Å². The Hall–Kier alpha value is -4.56. The normalized spacial score (nSPS) is 15.7. The van der Waals surface area contributed by atoms with Crippen LogP contribution in [-0.4, -0.2) is 38.3 Å². The summed E-state index contributed by atoms with van der Waals surface area (Å²) < 4.78 is 16.2. The van der Waals surface area contributed by atoms with Crippen LogP contribution in [0.2, 0.25) is 0 Å². The van der Waals surface area contributed by atoms with E-state index in [1.807, 2.05) is 0 Å². The molecule has 178 valence electrons. The molecule has 1 aromatic heterocycles. The maximum absolute atomic E-state index is 13.2. The number of rotatable bonds is 5. The predicted molar refractivity (Wildman–Crippen MR) is 130 cm³/mol. The SMILES string of the molecule is COC(=O)C1=C(C(=O)OC)N(c2cc(OC)c3nc(N)sc3c2)C(N)=C(C#N)C1c1ccccc1. The van der Waals surface area contributed by atoms with Gasteiger partial charge in [-0.25, -0.2) is 14.6 Å². The minimum atomic E-state index is -0.955. The van der Waals surface area contributed by atoms with E-state index >= 15 is 0 Å². The molecule has 0 aliphatic carbocycles. The maximum Gasteiger partial charge on any atom is 0.355 e. The summed E-state index contributed by atoms with van der Waals surface area (Å²) >= 11 is 1.21. The monoisotopic (exact) mass is 491 g/mol. The highest BCUT2D eigenvalue weighted by molar-refractivity contribution is 7.22. The molecule has 1 atom stereocenters. The molecule has 0 spiro atoms. The van der Waals surface area contributed by atoms with Crippen molar-refractivity contribution < 1.29 is 23.8 Å². The molecule has 0 amide bonds. The van der Waals surface area contributed by atoms with Crippen molar-refractivity contribution in [1.29, 1.82) is 5.26 Å². The second kappa shape index (κ2) is 9.36. The number of hydrogen-bond acceptors (Lipinski definition) is 11. The third-order valence-electron chi connectivity index (χ3n) is 5.55. The Balaban J connectivity index is 2.09. The summed E-state index contributed by atoms with van der Waals surface area (Å²) in [6.45, 7) is 0. The number of aromatic nitrogens is 1. The summed E-state index contributed by atoms with van der Waals surface area (Å²) in [4.78, 5) is 31.9. The van der Waals surface area contributed by atoms with Crippen LogP contribution < -0.4 is 21.1 Å². The Morgan fingerprint density at radius 2 is 1.77 bits per heavy atom. The first-order chi connectivity index (χ1) is 16.9. The number of carbonyl (C=O) groups excluding carboxylic acids is 2. The van der Waals surface area contributed by atoms with Crippen molar-refractivity contribution in [2.24, 2.45) is 5.73 Å². The summed E-state index contributed by atoms with van der Waals surface area (Å²) in [7, 11) is 3.85. The lowest BCUT2D eigenvalue weighted by Crippen LogP contribution is -2.40. The number of carbonyl (C=O) groups is 2. The zero-order valence-corrected chi connectivity index (χ0v) is 19.9. The fourth-order valence-corrected chi connectivity index (χ4v) is 4.85. The smallest absolute Gasteiger partial charge is 0.355 e. The molecule has 0 radical (unpaired) electrons. The van der Waals surface area contributed by atoms with Gasteiger partial charge in [-0.15, -0.1) is 0 Å². The first kappa shape index (κ1) is 23.6. The average Bonchev–Trinajstić information content (AvgIpc) is 3.26. The van der Waals surface area contributed by atoms with Gasteiger partial charge in [0.15, 0.2) is 5.13 Å². The lowest BCUT2D eigenvalue weighted by Gasteiger charge is -2.36. The topological polar surface area (TPSA) is 154 Å². The lowest BCUT2D eigenvalue weighted by atomic mass is 9.81. The molecule has 0 saturated heterocycles. The molecule has 10 nitrogen and oxygen atoms in total. The second-order valence-corrected chi connectivity index (χ2v) is 8.44. The molecule has 4 N–H and O–H groups in total. The van der Waals surface area contributed by atoms with Crippen molar-refractivity contribution in [2.75, 3.05) is 32.0 Å². The maximum atomic E-state index is 13.2. The van der Waals surface area contributed by atoms with Crippen LogP contribution in [0.25, 0.3) is 10.2 Å². The molecule has 1 aliphatic heterocycles. The van der Waals surface area contributed by atoms with E-state index in [2.05, 4.69) is 11.1 Å². The van der Waals surface area contributed by atoms with Crippen molar-refractivity contribution in [2.45, 2.75) is 5.92 Å². The molecule has 4 rings (SSSR count). The third kappa shape index (κ3) is 3.89. The highest BCUT2D eigenvalue weighted by Crippen LogP contribution is 2.45. The van der Waals surface area contributed by atoms with Crippen molar-refractivity contribution in [1.82, 2.24) is 4.98 Å². The van der Waals surface area contributed by atoms with Gasteiger partial charge >= 0.3 is 11.9 Å². The molecule has 0 fully saturated rings. The van der Waals surface area contributed by atoms with Crippen LogP contribution in [0.4, 0.5) is 10.8 Å². The third-order valence-corrected chi connectivity index (χ3v) is 6.38. The Morgan fingerprint density at radius 3 is 2.37 bits per heavy atom. The second-order valence-electron chi connectivity index (χ2n) is 7.38. The van der Waals surface area contributed by atoms with E-state index < -0.39 is 17.9 Å². The fourth-order valence-electron chi connectivity index (χ4n) is 4.07. The summed E-state index contributed by atoms with van der Waals surface area (Å²) in [6.07, 6.45) is 0.